The Kier molecular flexibility index (Phi) is 6.55. The molecule has 22 heavy (non-hydrogen) atoms. The molecule has 0 spiro atoms. The van der Waals surface area contributed by atoms with E-state index in [0.29, 0.717) is 0 Å². The lowest BCUT2D eigenvalue weighted by Gasteiger charge is -2.36. The minimum Gasteiger partial charge on any atom is -0.326 e. The highest BCUT2D eigenvalue weighted by Gasteiger charge is 2.44. The molecule has 0 aromatic rings. The molecule has 132 valence electrons. The second-order valence-corrected chi connectivity index (χ2v) is 9.44. The lowest BCUT2D eigenvalue weighted by Crippen LogP contribution is -2.49. The van der Waals surface area contributed by atoms with Crippen LogP contribution in [0.3, 0.4) is 0 Å². The van der Waals surface area contributed by atoms with Gasteiger partial charge in [-0.05, 0) is 19.8 Å². The number of quaternary nitrogens is 2. The Morgan fingerprint density at radius 2 is 1.27 bits per heavy atom. The average Bonchev–Trinajstić information content (AvgIpc) is 2.70. The fraction of sp³-hybridized carbons (Fsp3) is 1.00. The van der Waals surface area contributed by atoms with Crippen molar-refractivity contribution in [2.45, 2.75) is 78.9 Å². The molecule has 0 aromatic carbocycles. The molecule has 6 unspecified atom stereocenters. The van der Waals surface area contributed by atoms with E-state index >= 15 is 0 Å². The van der Waals surface area contributed by atoms with Gasteiger partial charge in [-0.15, -0.1) is 0 Å². The first-order valence-electron chi connectivity index (χ1n) is 9.64. The van der Waals surface area contributed by atoms with Gasteiger partial charge in [0.2, 0.25) is 0 Å². The Bertz CT molecular complexity index is 346. The summed E-state index contributed by atoms with van der Waals surface area (Å²) < 4.78 is 2.47. The molecule has 0 aliphatic carbocycles. The van der Waals surface area contributed by atoms with Crippen LogP contribution in [0.1, 0.15) is 60.8 Å². The maximum absolute atomic E-state index is 2.41. The van der Waals surface area contributed by atoms with Gasteiger partial charge in [0.05, 0.1) is 52.9 Å². The lowest BCUT2D eigenvalue weighted by molar-refractivity contribution is -0.925. The van der Waals surface area contributed by atoms with Crippen molar-refractivity contribution in [2.75, 3.05) is 34.7 Å². The number of hydrogen-bond donors (Lipinski definition) is 0. The van der Waals surface area contributed by atoms with E-state index in [1.807, 2.05) is 0 Å². The SMILES string of the molecule is CCC1C(C)C(C)C[N+]1(C)C.CCC1C(C)CC(C)[N+]1(C)C. The molecular formula is C20H44N2+2. The van der Waals surface area contributed by atoms with Crippen LogP contribution in [0.4, 0.5) is 0 Å². The van der Waals surface area contributed by atoms with E-state index in [0.717, 1.165) is 35.9 Å². The van der Waals surface area contributed by atoms with Gasteiger partial charge in [-0.3, -0.25) is 0 Å². The van der Waals surface area contributed by atoms with E-state index in [4.69, 9.17) is 0 Å². The summed E-state index contributed by atoms with van der Waals surface area (Å²) >= 11 is 0. The zero-order valence-corrected chi connectivity index (χ0v) is 17.2. The number of rotatable bonds is 2. The fourth-order valence-electron chi connectivity index (χ4n) is 5.75. The third-order valence-corrected chi connectivity index (χ3v) is 7.36. The van der Waals surface area contributed by atoms with E-state index in [1.165, 1.54) is 34.8 Å². The highest BCUT2D eigenvalue weighted by atomic mass is 15.4. The van der Waals surface area contributed by atoms with Crippen LogP contribution in [0.25, 0.3) is 0 Å². The number of likely N-dealkylation sites (tertiary alicyclic amines) is 2. The molecule has 0 aromatic heterocycles. The predicted molar refractivity (Wildman–Crippen MR) is 98.8 cm³/mol. The molecule has 0 radical (unpaired) electrons. The second-order valence-electron chi connectivity index (χ2n) is 9.44. The molecule has 2 rings (SSSR count). The smallest absolute Gasteiger partial charge is 0.0914 e. The highest BCUT2D eigenvalue weighted by Crippen LogP contribution is 2.35. The monoisotopic (exact) mass is 312 g/mol. The molecule has 2 fully saturated rings. The molecule has 0 N–H and O–H groups in total. The van der Waals surface area contributed by atoms with Crippen molar-refractivity contribution in [1.82, 2.24) is 0 Å². The first-order chi connectivity index (χ1) is 9.98. The van der Waals surface area contributed by atoms with Crippen molar-refractivity contribution < 1.29 is 8.97 Å². The van der Waals surface area contributed by atoms with Crippen LogP contribution < -0.4 is 0 Å². The standard InChI is InChI=1S/2C10H22N/c1-6-10-9(3)8(2)7-11(10,4)5;1-6-10-8(2)7-9(3)11(10,4)5/h2*8-10H,6-7H2,1-5H3/q2*+1. The Morgan fingerprint density at radius 3 is 1.45 bits per heavy atom. The average molecular weight is 313 g/mol. The van der Waals surface area contributed by atoms with E-state index in [9.17, 15) is 0 Å². The molecule has 2 heteroatoms. The Balaban J connectivity index is 0.000000220. The molecule has 0 saturated carbocycles. The normalized spacial score (nSPS) is 42.8. The zero-order valence-electron chi connectivity index (χ0n) is 17.2. The molecule has 6 atom stereocenters. The van der Waals surface area contributed by atoms with Gasteiger partial charge in [0.15, 0.2) is 0 Å². The summed E-state index contributed by atoms with van der Waals surface area (Å²) in [5, 5.41) is 0. The third-order valence-electron chi connectivity index (χ3n) is 7.36. The maximum Gasteiger partial charge on any atom is 0.0914 e. The van der Waals surface area contributed by atoms with Gasteiger partial charge < -0.3 is 8.97 Å². The summed E-state index contributed by atoms with van der Waals surface area (Å²) in [6, 6.07) is 2.64. The zero-order chi connectivity index (χ0) is 17.3. The number of hydrogen-bond acceptors (Lipinski definition) is 0. The summed E-state index contributed by atoms with van der Waals surface area (Å²) in [4.78, 5) is 0. The Morgan fingerprint density at radius 1 is 0.773 bits per heavy atom. The van der Waals surface area contributed by atoms with Crippen molar-refractivity contribution in [3.63, 3.8) is 0 Å². The molecular weight excluding hydrogens is 268 g/mol. The van der Waals surface area contributed by atoms with E-state index in [1.54, 1.807) is 0 Å². The molecule has 2 aliphatic rings. The van der Waals surface area contributed by atoms with Crippen LogP contribution in [0.15, 0.2) is 0 Å². The van der Waals surface area contributed by atoms with Gasteiger partial charge in [-0.1, -0.05) is 34.6 Å². The molecule has 2 heterocycles. The van der Waals surface area contributed by atoms with Crippen LogP contribution in [0.5, 0.6) is 0 Å². The minimum absolute atomic E-state index is 0.856. The first-order valence-corrected chi connectivity index (χ1v) is 9.64. The predicted octanol–water partition coefficient (Wildman–Crippen LogP) is 4.40. The van der Waals surface area contributed by atoms with Crippen molar-refractivity contribution in [3.05, 3.63) is 0 Å². The third kappa shape index (κ3) is 3.87. The molecule has 0 bridgehead atoms. The van der Waals surface area contributed by atoms with Crippen LogP contribution in [-0.4, -0.2) is 61.8 Å². The largest absolute Gasteiger partial charge is 0.326 e. The minimum atomic E-state index is 0.856. The van der Waals surface area contributed by atoms with E-state index < -0.39 is 0 Å². The fourth-order valence-corrected chi connectivity index (χ4v) is 5.75. The topological polar surface area (TPSA) is 0 Å². The van der Waals surface area contributed by atoms with Gasteiger partial charge in [0, 0.05) is 24.2 Å². The highest BCUT2D eigenvalue weighted by molar-refractivity contribution is 4.78. The van der Waals surface area contributed by atoms with E-state index in [2.05, 4.69) is 69.7 Å². The van der Waals surface area contributed by atoms with Crippen molar-refractivity contribution in [2.24, 2.45) is 17.8 Å². The second kappa shape index (κ2) is 7.21. The van der Waals surface area contributed by atoms with Gasteiger partial charge in [-0.2, -0.15) is 0 Å². The molecule has 2 saturated heterocycles. The quantitative estimate of drug-likeness (QED) is 0.663. The summed E-state index contributed by atoms with van der Waals surface area (Å²) in [5.41, 5.74) is 0. The van der Waals surface area contributed by atoms with Crippen LogP contribution in [-0.2, 0) is 0 Å². The van der Waals surface area contributed by atoms with Crippen LogP contribution >= 0.6 is 0 Å². The van der Waals surface area contributed by atoms with Gasteiger partial charge >= 0.3 is 0 Å². The summed E-state index contributed by atoms with van der Waals surface area (Å²) in [7, 11) is 9.49. The van der Waals surface area contributed by atoms with Gasteiger partial charge in [-0.25, -0.2) is 0 Å². The lowest BCUT2D eigenvalue weighted by atomic mass is 9.93. The molecule has 2 aliphatic heterocycles. The Labute approximate surface area is 141 Å². The summed E-state index contributed by atoms with van der Waals surface area (Å²) in [6.07, 6.45) is 4.07. The Hall–Kier alpha value is -0.0800. The van der Waals surface area contributed by atoms with Crippen molar-refractivity contribution >= 4 is 0 Å². The maximum atomic E-state index is 2.41. The summed E-state index contributed by atoms with van der Waals surface area (Å²) in [5.74, 6) is 2.75. The van der Waals surface area contributed by atoms with E-state index in [-0.39, 0.29) is 0 Å². The first kappa shape index (κ1) is 20.0. The van der Waals surface area contributed by atoms with Gasteiger partial charge in [0.1, 0.15) is 0 Å². The number of nitrogens with zero attached hydrogens (tertiary/aromatic N) is 2. The van der Waals surface area contributed by atoms with Crippen LogP contribution in [0, 0.1) is 17.8 Å². The molecule has 2 nitrogen and oxygen atoms in total. The summed E-state index contributed by atoms with van der Waals surface area (Å²) in [6.45, 7) is 15.6. The van der Waals surface area contributed by atoms with Crippen LogP contribution in [0.2, 0.25) is 0 Å². The van der Waals surface area contributed by atoms with Gasteiger partial charge in [0.25, 0.3) is 0 Å². The molecule has 0 amide bonds. The van der Waals surface area contributed by atoms with Crippen molar-refractivity contribution in [3.8, 4) is 0 Å². The van der Waals surface area contributed by atoms with Crippen molar-refractivity contribution in [1.29, 1.82) is 0 Å².